The maximum atomic E-state index is 12.4. The number of rotatable bonds is 4. The highest BCUT2D eigenvalue weighted by Crippen LogP contribution is 2.17. The van der Waals surface area contributed by atoms with Crippen molar-refractivity contribution in [2.75, 3.05) is 0 Å². The van der Waals surface area contributed by atoms with E-state index in [1.807, 2.05) is 18.2 Å². The minimum Gasteiger partial charge on any atom is -0.353 e. The van der Waals surface area contributed by atoms with Gasteiger partial charge in [-0.3, -0.25) is 9.36 Å². The van der Waals surface area contributed by atoms with E-state index in [0.717, 1.165) is 9.84 Å². The number of fused-ring (bicyclic) bond motifs is 1. The van der Waals surface area contributed by atoms with E-state index >= 15 is 0 Å². The van der Waals surface area contributed by atoms with Gasteiger partial charge in [-0.05, 0) is 39.8 Å². The van der Waals surface area contributed by atoms with Crippen molar-refractivity contribution < 1.29 is 0 Å². The second-order valence-electron chi connectivity index (χ2n) is 5.67. The fourth-order valence-electron chi connectivity index (χ4n) is 2.42. The molecule has 2 aromatic rings. The molecule has 0 amide bonds. The fraction of sp³-hybridized carbons (Fsp3) is 0.438. The van der Waals surface area contributed by atoms with Crippen LogP contribution in [-0.4, -0.2) is 30.9 Å². The van der Waals surface area contributed by atoms with Crippen LogP contribution in [0.15, 0.2) is 35.4 Å². The molecule has 0 bridgehead atoms. The lowest BCUT2D eigenvalue weighted by Crippen LogP contribution is -2.40. The Kier molecular flexibility index (Phi) is 5.58. The van der Waals surface area contributed by atoms with Gasteiger partial charge in [-0.1, -0.05) is 36.1 Å². The van der Waals surface area contributed by atoms with Crippen molar-refractivity contribution in [3.63, 3.8) is 0 Å². The molecule has 1 heterocycles. The number of nitrogens with zero attached hydrogens (tertiary/aromatic N) is 3. The van der Waals surface area contributed by atoms with Crippen molar-refractivity contribution in [2.45, 2.75) is 45.7 Å². The van der Waals surface area contributed by atoms with Crippen LogP contribution in [0.4, 0.5) is 0 Å². The number of hydrogen-bond acceptors (Lipinski definition) is 4. The van der Waals surface area contributed by atoms with E-state index in [1.54, 1.807) is 17.0 Å². The zero-order valence-electron chi connectivity index (χ0n) is 13.3. The summed E-state index contributed by atoms with van der Waals surface area (Å²) in [6.07, 6.45) is 1.59. The molecule has 0 saturated carbocycles. The van der Waals surface area contributed by atoms with E-state index in [9.17, 15) is 4.79 Å². The standard InChI is InChI=1S/C16H21N3OS2/c1-11(2)19(12(3)4)16(21)22-10-18-9-17-14-8-6-5-7-13(14)15(18)20/h5-9,11-12H,10H2,1-4H3. The summed E-state index contributed by atoms with van der Waals surface area (Å²) >= 11 is 7.02. The zero-order chi connectivity index (χ0) is 16.3. The molecule has 0 spiro atoms. The Bertz CT molecular complexity index is 717. The molecule has 0 N–H and O–H groups in total. The second kappa shape index (κ2) is 7.24. The van der Waals surface area contributed by atoms with Gasteiger partial charge in [-0.15, -0.1) is 0 Å². The fourth-order valence-corrected chi connectivity index (χ4v) is 4.00. The second-order valence-corrected chi connectivity index (χ2v) is 7.25. The Balaban J connectivity index is 2.17. The smallest absolute Gasteiger partial charge is 0.261 e. The summed E-state index contributed by atoms with van der Waals surface area (Å²) in [5, 5.41) is 0.640. The van der Waals surface area contributed by atoms with E-state index in [4.69, 9.17) is 12.2 Å². The van der Waals surface area contributed by atoms with E-state index in [2.05, 4.69) is 37.6 Å². The quantitative estimate of drug-likeness (QED) is 0.800. The lowest BCUT2D eigenvalue weighted by Gasteiger charge is -2.32. The molecule has 22 heavy (non-hydrogen) atoms. The van der Waals surface area contributed by atoms with Crippen LogP contribution >= 0.6 is 24.0 Å². The lowest BCUT2D eigenvalue weighted by atomic mass is 10.2. The molecule has 1 aromatic carbocycles. The van der Waals surface area contributed by atoms with E-state index in [0.29, 0.717) is 23.3 Å². The van der Waals surface area contributed by atoms with Gasteiger partial charge < -0.3 is 4.90 Å². The minimum atomic E-state index is -0.0263. The van der Waals surface area contributed by atoms with Crippen LogP contribution in [0.3, 0.4) is 0 Å². The molecule has 6 heteroatoms. The van der Waals surface area contributed by atoms with Crippen molar-refractivity contribution in [1.29, 1.82) is 0 Å². The van der Waals surface area contributed by atoms with Crippen molar-refractivity contribution in [3.05, 3.63) is 40.9 Å². The van der Waals surface area contributed by atoms with Gasteiger partial charge >= 0.3 is 0 Å². The number of benzene rings is 1. The van der Waals surface area contributed by atoms with Crippen LogP contribution in [0.2, 0.25) is 0 Å². The first kappa shape index (κ1) is 17.0. The molecule has 0 saturated heterocycles. The van der Waals surface area contributed by atoms with Crippen LogP contribution < -0.4 is 5.56 Å². The SMILES string of the molecule is CC(C)N(C(=S)SCn1cnc2ccccc2c1=O)C(C)C. The Morgan fingerprint density at radius 2 is 1.91 bits per heavy atom. The maximum Gasteiger partial charge on any atom is 0.261 e. The van der Waals surface area contributed by atoms with Gasteiger partial charge in [-0.2, -0.15) is 0 Å². The number of thiocarbonyl (C=S) groups is 1. The number of para-hydroxylation sites is 1. The highest BCUT2D eigenvalue weighted by atomic mass is 32.2. The van der Waals surface area contributed by atoms with Crippen molar-refractivity contribution >= 4 is 39.2 Å². The summed E-state index contributed by atoms with van der Waals surface area (Å²) in [6.45, 7) is 8.49. The highest BCUT2D eigenvalue weighted by Gasteiger charge is 2.17. The van der Waals surface area contributed by atoms with Gasteiger partial charge in [0.05, 0.1) is 23.1 Å². The molecule has 0 aliphatic heterocycles. The molecule has 2 rings (SSSR count). The summed E-state index contributed by atoms with van der Waals surface area (Å²) in [5.41, 5.74) is 0.698. The topological polar surface area (TPSA) is 38.1 Å². The third-order valence-electron chi connectivity index (χ3n) is 3.38. The van der Waals surface area contributed by atoms with E-state index in [-0.39, 0.29) is 5.56 Å². The van der Waals surface area contributed by atoms with Crippen molar-refractivity contribution in [3.8, 4) is 0 Å². The summed E-state index contributed by atoms with van der Waals surface area (Å²) < 4.78 is 2.42. The molecule has 0 aliphatic carbocycles. The molecule has 0 aliphatic rings. The Hall–Kier alpha value is -1.40. The average Bonchev–Trinajstić information content (AvgIpc) is 2.46. The van der Waals surface area contributed by atoms with Gasteiger partial charge in [0.2, 0.25) is 0 Å². The van der Waals surface area contributed by atoms with Crippen LogP contribution in [0.5, 0.6) is 0 Å². The molecule has 0 unspecified atom stereocenters. The predicted octanol–water partition coefficient (Wildman–Crippen LogP) is 3.49. The zero-order valence-corrected chi connectivity index (χ0v) is 14.9. The molecule has 1 aromatic heterocycles. The van der Waals surface area contributed by atoms with Crippen LogP contribution in [0, 0.1) is 0 Å². The monoisotopic (exact) mass is 335 g/mol. The molecular weight excluding hydrogens is 314 g/mol. The van der Waals surface area contributed by atoms with Crippen LogP contribution in [-0.2, 0) is 5.88 Å². The van der Waals surface area contributed by atoms with Crippen molar-refractivity contribution in [2.24, 2.45) is 0 Å². The predicted molar refractivity (Wildman–Crippen MR) is 98.3 cm³/mol. The van der Waals surface area contributed by atoms with Gasteiger partial charge in [0.15, 0.2) is 0 Å². The first-order chi connectivity index (χ1) is 10.4. The number of thioether (sulfide) groups is 1. The molecular formula is C16H21N3OS2. The molecule has 0 radical (unpaired) electrons. The van der Waals surface area contributed by atoms with Crippen molar-refractivity contribution in [1.82, 2.24) is 14.5 Å². The third kappa shape index (κ3) is 3.67. The summed E-state index contributed by atoms with van der Waals surface area (Å²) in [5.74, 6) is 0.478. The first-order valence-electron chi connectivity index (χ1n) is 7.31. The minimum absolute atomic E-state index is 0.0263. The van der Waals surface area contributed by atoms with E-state index in [1.165, 1.54) is 11.8 Å². The Labute approximate surface area is 140 Å². The van der Waals surface area contributed by atoms with Gasteiger partial charge in [0.1, 0.15) is 4.32 Å². The Morgan fingerprint density at radius 1 is 1.27 bits per heavy atom. The third-order valence-corrected chi connectivity index (χ3v) is 4.81. The first-order valence-corrected chi connectivity index (χ1v) is 8.70. The molecule has 0 fully saturated rings. The lowest BCUT2D eigenvalue weighted by molar-refractivity contribution is 0.303. The van der Waals surface area contributed by atoms with Crippen LogP contribution in [0.25, 0.3) is 10.9 Å². The van der Waals surface area contributed by atoms with E-state index < -0.39 is 0 Å². The summed E-state index contributed by atoms with van der Waals surface area (Å²) in [6, 6.07) is 8.06. The maximum absolute atomic E-state index is 12.4. The summed E-state index contributed by atoms with van der Waals surface area (Å²) in [4.78, 5) is 18.9. The Morgan fingerprint density at radius 3 is 2.55 bits per heavy atom. The average molecular weight is 335 g/mol. The molecule has 0 atom stereocenters. The normalized spacial score (nSPS) is 11.4. The van der Waals surface area contributed by atoms with Gasteiger partial charge in [0.25, 0.3) is 5.56 Å². The molecule has 4 nitrogen and oxygen atoms in total. The van der Waals surface area contributed by atoms with Gasteiger partial charge in [0, 0.05) is 12.1 Å². The summed E-state index contributed by atoms with van der Waals surface area (Å²) in [7, 11) is 0. The van der Waals surface area contributed by atoms with Gasteiger partial charge in [-0.25, -0.2) is 4.98 Å². The highest BCUT2D eigenvalue weighted by molar-refractivity contribution is 8.22. The largest absolute Gasteiger partial charge is 0.353 e. The number of hydrogen-bond donors (Lipinski definition) is 0. The van der Waals surface area contributed by atoms with Crippen LogP contribution in [0.1, 0.15) is 27.7 Å². The number of aromatic nitrogens is 2. The molecule has 118 valence electrons.